The number of ether oxygens (including phenoxy) is 1. The average Bonchev–Trinajstić information content (AvgIpc) is 2.08. The molecule has 0 radical (unpaired) electrons. The van der Waals surface area contributed by atoms with E-state index in [0.29, 0.717) is 6.20 Å². The minimum atomic E-state index is -4.93. The van der Waals surface area contributed by atoms with Crippen molar-refractivity contribution in [2.45, 2.75) is 6.36 Å². The summed E-state index contributed by atoms with van der Waals surface area (Å²) in [6.07, 6.45) is -4.23. The highest BCUT2D eigenvalue weighted by atomic mass is 127. The number of carbonyl (C=O) groups excluding carboxylic acids is 1. The maximum atomic E-state index is 12.0. The molecule has 16 heavy (non-hydrogen) atoms. The minimum absolute atomic E-state index is 0.0202. The van der Waals surface area contributed by atoms with Crippen LogP contribution in [0.15, 0.2) is 6.20 Å². The highest BCUT2D eigenvalue weighted by molar-refractivity contribution is 14.1. The number of anilines is 1. The van der Waals surface area contributed by atoms with Crippen molar-refractivity contribution in [1.82, 2.24) is 4.98 Å². The van der Waals surface area contributed by atoms with Gasteiger partial charge in [0.2, 0.25) is 0 Å². The van der Waals surface area contributed by atoms with Crippen LogP contribution in [0.2, 0.25) is 0 Å². The van der Waals surface area contributed by atoms with Crippen molar-refractivity contribution < 1.29 is 22.7 Å². The first-order chi connectivity index (χ1) is 7.22. The highest BCUT2D eigenvalue weighted by Crippen LogP contribution is 2.30. The fourth-order valence-corrected chi connectivity index (χ4v) is 1.59. The first kappa shape index (κ1) is 12.8. The van der Waals surface area contributed by atoms with E-state index in [2.05, 4.69) is 9.72 Å². The molecule has 5 nitrogen and oxygen atoms in total. The third kappa shape index (κ3) is 2.87. The summed E-state index contributed by atoms with van der Waals surface area (Å²) >= 11 is 1.56. The Morgan fingerprint density at radius 1 is 1.50 bits per heavy atom. The number of hydrogen-bond acceptors (Lipinski definition) is 4. The molecular weight excluding hydrogens is 342 g/mol. The number of aromatic nitrogens is 1. The number of halogens is 4. The van der Waals surface area contributed by atoms with Crippen molar-refractivity contribution >= 4 is 34.3 Å². The molecule has 0 saturated carbocycles. The second kappa shape index (κ2) is 4.31. The zero-order chi connectivity index (χ0) is 12.5. The number of carbonyl (C=O) groups is 1. The van der Waals surface area contributed by atoms with Gasteiger partial charge >= 0.3 is 6.36 Å². The lowest BCUT2D eigenvalue weighted by molar-refractivity contribution is -0.274. The Hall–Kier alpha value is -1.26. The van der Waals surface area contributed by atoms with E-state index >= 15 is 0 Å². The Morgan fingerprint density at radius 2 is 2.06 bits per heavy atom. The Labute approximate surface area is 101 Å². The molecule has 1 amide bonds. The number of primary amides is 1. The molecule has 88 valence electrons. The van der Waals surface area contributed by atoms with E-state index in [1.165, 1.54) is 0 Å². The maximum absolute atomic E-state index is 12.0. The van der Waals surface area contributed by atoms with E-state index in [4.69, 9.17) is 11.5 Å². The lowest BCUT2D eigenvalue weighted by Gasteiger charge is -2.12. The number of alkyl halides is 3. The smallest absolute Gasteiger partial charge is 0.403 e. The number of nitrogen functional groups attached to an aromatic ring is 1. The number of rotatable bonds is 2. The topological polar surface area (TPSA) is 91.2 Å². The van der Waals surface area contributed by atoms with Crippen LogP contribution in [0.3, 0.4) is 0 Å². The average molecular weight is 347 g/mol. The molecule has 0 aromatic carbocycles. The molecule has 0 unspecified atom stereocenters. The van der Waals surface area contributed by atoms with Crippen LogP contribution >= 0.6 is 22.6 Å². The fourth-order valence-electron chi connectivity index (χ4n) is 0.917. The second-order valence-corrected chi connectivity index (χ2v) is 3.69. The van der Waals surface area contributed by atoms with Crippen molar-refractivity contribution in [2.24, 2.45) is 5.73 Å². The van der Waals surface area contributed by atoms with Gasteiger partial charge in [0.05, 0.1) is 9.77 Å². The van der Waals surface area contributed by atoms with Crippen LogP contribution in [0.4, 0.5) is 19.0 Å². The van der Waals surface area contributed by atoms with Crippen molar-refractivity contribution in [2.75, 3.05) is 5.73 Å². The molecule has 1 heterocycles. The fraction of sp³-hybridized carbons (Fsp3) is 0.143. The Morgan fingerprint density at radius 3 is 2.50 bits per heavy atom. The highest BCUT2D eigenvalue weighted by Gasteiger charge is 2.33. The Bertz CT molecular complexity index is 436. The van der Waals surface area contributed by atoms with Crippen molar-refractivity contribution in [3.8, 4) is 5.75 Å². The van der Waals surface area contributed by atoms with Gasteiger partial charge in [0.15, 0.2) is 5.75 Å². The molecule has 1 rings (SSSR count). The summed E-state index contributed by atoms with van der Waals surface area (Å²) < 4.78 is 39.6. The van der Waals surface area contributed by atoms with E-state index in [9.17, 15) is 18.0 Å². The summed E-state index contributed by atoms with van der Waals surface area (Å²) in [6, 6.07) is 0. The van der Waals surface area contributed by atoms with Gasteiger partial charge in [0, 0.05) is 0 Å². The largest absolute Gasteiger partial charge is 0.573 e. The number of pyridine rings is 1. The molecule has 1 aromatic heterocycles. The number of hydrogen-bond donors (Lipinski definition) is 2. The van der Waals surface area contributed by atoms with E-state index < -0.39 is 23.6 Å². The molecule has 0 fully saturated rings. The number of amides is 1. The van der Waals surface area contributed by atoms with Gasteiger partial charge < -0.3 is 16.2 Å². The standard InChI is InChI=1S/C7H5F3IN3O2/c8-7(9,10)16-2-1-14-5(12)4(11)3(2)6(13)15/h1H,(H2,12,14)(H2,13,15). The van der Waals surface area contributed by atoms with Crippen LogP contribution in [0.1, 0.15) is 10.4 Å². The second-order valence-electron chi connectivity index (χ2n) is 2.61. The minimum Gasteiger partial charge on any atom is -0.403 e. The van der Waals surface area contributed by atoms with Gasteiger partial charge in [-0.15, -0.1) is 13.2 Å². The molecule has 4 N–H and O–H groups in total. The molecule has 0 aliphatic heterocycles. The Balaban J connectivity index is 3.29. The van der Waals surface area contributed by atoms with E-state index in [0.717, 1.165) is 0 Å². The molecule has 9 heteroatoms. The normalized spacial score (nSPS) is 11.2. The van der Waals surface area contributed by atoms with Gasteiger partial charge in [-0.05, 0) is 22.6 Å². The zero-order valence-electron chi connectivity index (χ0n) is 7.51. The monoisotopic (exact) mass is 347 g/mol. The summed E-state index contributed by atoms with van der Waals surface area (Å²) in [4.78, 5) is 14.4. The predicted octanol–water partition coefficient (Wildman–Crippen LogP) is 1.27. The van der Waals surface area contributed by atoms with Gasteiger partial charge in [-0.3, -0.25) is 4.79 Å². The zero-order valence-corrected chi connectivity index (χ0v) is 9.67. The molecule has 0 atom stereocenters. The van der Waals surface area contributed by atoms with Gasteiger partial charge in [0.25, 0.3) is 5.91 Å². The molecule has 0 spiro atoms. The summed E-state index contributed by atoms with van der Waals surface area (Å²) in [5.41, 5.74) is 9.82. The summed E-state index contributed by atoms with van der Waals surface area (Å²) in [7, 11) is 0. The van der Waals surface area contributed by atoms with Crippen LogP contribution < -0.4 is 16.2 Å². The Kier molecular flexibility index (Phi) is 3.45. The van der Waals surface area contributed by atoms with Crippen molar-refractivity contribution in [3.05, 3.63) is 15.3 Å². The third-order valence-electron chi connectivity index (χ3n) is 1.48. The van der Waals surface area contributed by atoms with Crippen LogP contribution in [-0.4, -0.2) is 17.3 Å². The summed E-state index contributed by atoms with van der Waals surface area (Å²) in [5.74, 6) is -1.93. The van der Waals surface area contributed by atoms with Gasteiger partial charge in [0.1, 0.15) is 11.4 Å². The first-order valence-corrected chi connectivity index (χ1v) is 4.79. The lowest BCUT2D eigenvalue weighted by atomic mass is 10.2. The third-order valence-corrected chi connectivity index (χ3v) is 2.58. The van der Waals surface area contributed by atoms with E-state index in [1.807, 2.05) is 0 Å². The molecule has 0 saturated heterocycles. The van der Waals surface area contributed by atoms with Crippen molar-refractivity contribution in [3.63, 3.8) is 0 Å². The predicted molar refractivity (Wildman–Crippen MR) is 56.6 cm³/mol. The molecule has 1 aromatic rings. The van der Waals surface area contributed by atoms with Gasteiger partial charge in [-0.2, -0.15) is 0 Å². The summed E-state index contributed by atoms with van der Waals surface area (Å²) in [5, 5.41) is 0. The van der Waals surface area contributed by atoms with Gasteiger partial charge in [-0.1, -0.05) is 0 Å². The molecule has 0 aliphatic rings. The molecule has 0 aliphatic carbocycles. The maximum Gasteiger partial charge on any atom is 0.573 e. The van der Waals surface area contributed by atoms with Crippen LogP contribution in [0.25, 0.3) is 0 Å². The van der Waals surface area contributed by atoms with Crippen LogP contribution in [0.5, 0.6) is 5.75 Å². The van der Waals surface area contributed by atoms with Gasteiger partial charge in [-0.25, -0.2) is 4.98 Å². The quantitative estimate of drug-likeness (QED) is 0.789. The molecule has 0 bridgehead atoms. The van der Waals surface area contributed by atoms with Crippen LogP contribution in [0, 0.1) is 3.57 Å². The van der Waals surface area contributed by atoms with E-state index in [1.54, 1.807) is 22.6 Å². The summed E-state index contributed by atoms with van der Waals surface area (Å²) in [6.45, 7) is 0. The SMILES string of the molecule is NC(=O)c1c(OC(F)(F)F)cnc(N)c1I. The lowest BCUT2D eigenvalue weighted by Crippen LogP contribution is -2.22. The molecular formula is C7H5F3IN3O2. The van der Waals surface area contributed by atoms with Crippen LogP contribution in [-0.2, 0) is 0 Å². The first-order valence-electron chi connectivity index (χ1n) is 3.72. The number of nitrogens with two attached hydrogens (primary N) is 2. The number of nitrogens with zero attached hydrogens (tertiary/aromatic N) is 1. The van der Waals surface area contributed by atoms with Crippen molar-refractivity contribution in [1.29, 1.82) is 0 Å². The van der Waals surface area contributed by atoms with E-state index in [-0.39, 0.29) is 9.39 Å².